The third-order valence-electron chi connectivity index (χ3n) is 8.08. The monoisotopic (exact) mass is 585 g/mol. The standard InChI is InChI=1S/C38H23N3O2S/c1-2-17-39-31(8-1)24-6-3-7-28(20-24)41-33-15-12-25(35-9-4-18-42-35)21-30(33)29-14-11-27(23-34(29)41)38-40-32-22-26(13-16-37(32)44-38)36-10-5-19-43-36/h1-23H. The van der Waals surface area contributed by atoms with Crippen LogP contribution < -0.4 is 0 Å². The van der Waals surface area contributed by atoms with E-state index in [2.05, 4.69) is 88.4 Å². The first-order valence-corrected chi connectivity index (χ1v) is 15.2. The summed E-state index contributed by atoms with van der Waals surface area (Å²) in [5, 5.41) is 3.31. The van der Waals surface area contributed by atoms with Crippen LogP contribution in [0.4, 0.5) is 0 Å². The predicted molar refractivity (Wildman–Crippen MR) is 178 cm³/mol. The van der Waals surface area contributed by atoms with Crippen molar-refractivity contribution in [2.45, 2.75) is 0 Å². The number of nitrogens with zero attached hydrogens (tertiary/aromatic N) is 3. The molecule has 0 aliphatic carbocycles. The van der Waals surface area contributed by atoms with Gasteiger partial charge in [-0.15, -0.1) is 11.3 Å². The quantitative estimate of drug-likeness (QED) is 0.202. The van der Waals surface area contributed by atoms with Gasteiger partial charge < -0.3 is 13.4 Å². The molecule has 5 nitrogen and oxygen atoms in total. The van der Waals surface area contributed by atoms with Gasteiger partial charge in [-0.1, -0.05) is 30.3 Å². The van der Waals surface area contributed by atoms with Crippen LogP contribution in [0.25, 0.3) is 82.2 Å². The van der Waals surface area contributed by atoms with Crippen molar-refractivity contribution in [3.05, 3.63) is 140 Å². The van der Waals surface area contributed by atoms with Crippen molar-refractivity contribution >= 4 is 43.4 Å². The average Bonchev–Trinajstić information content (AvgIpc) is 3.90. The molecule has 208 valence electrons. The van der Waals surface area contributed by atoms with Crippen molar-refractivity contribution in [2.24, 2.45) is 0 Å². The lowest BCUT2D eigenvalue weighted by atomic mass is 10.1. The molecule has 0 radical (unpaired) electrons. The first kappa shape index (κ1) is 24.8. The van der Waals surface area contributed by atoms with E-state index >= 15 is 0 Å². The minimum absolute atomic E-state index is 0.842. The van der Waals surface area contributed by atoms with Crippen LogP contribution in [-0.4, -0.2) is 14.5 Å². The molecular formula is C38H23N3O2S. The summed E-state index contributed by atoms with van der Waals surface area (Å²) < 4.78 is 14.9. The molecule has 0 fully saturated rings. The van der Waals surface area contributed by atoms with E-state index < -0.39 is 0 Å². The fourth-order valence-corrected chi connectivity index (χ4v) is 6.96. The number of thiazole rings is 1. The highest BCUT2D eigenvalue weighted by Crippen LogP contribution is 2.39. The maximum absolute atomic E-state index is 5.75. The molecule has 9 rings (SSSR count). The maximum Gasteiger partial charge on any atom is 0.133 e. The minimum Gasteiger partial charge on any atom is -0.464 e. The number of benzene rings is 4. The Balaban J connectivity index is 1.25. The van der Waals surface area contributed by atoms with Crippen molar-refractivity contribution in [2.75, 3.05) is 0 Å². The first-order valence-electron chi connectivity index (χ1n) is 14.4. The number of hydrogen-bond acceptors (Lipinski definition) is 5. The van der Waals surface area contributed by atoms with Crippen molar-refractivity contribution in [1.82, 2.24) is 14.5 Å². The Morgan fingerprint density at radius 3 is 2.18 bits per heavy atom. The van der Waals surface area contributed by atoms with Gasteiger partial charge in [0.05, 0.1) is 39.5 Å². The summed E-state index contributed by atoms with van der Waals surface area (Å²) in [7, 11) is 0. The van der Waals surface area contributed by atoms with Gasteiger partial charge in [-0.25, -0.2) is 4.98 Å². The maximum atomic E-state index is 5.75. The van der Waals surface area contributed by atoms with Crippen LogP contribution in [0.5, 0.6) is 0 Å². The van der Waals surface area contributed by atoms with Gasteiger partial charge in [0.1, 0.15) is 16.5 Å². The van der Waals surface area contributed by atoms with E-state index in [4.69, 9.17) is 13.8 Å². The molecule has 6 heteroatoms. The van der Waals surface area contributed by atoms with Crippen molar-refractivity contribution in [3.8, 4) is 50.2 Å². The van der Waals surface area contributed by atoms with Crippen molar-refractivity contribution < 1.29 is 8.83 Å². The van der Waals surface area contributed by atoms with E-state index in [1.54, 1.807) is 23.9 Å². The predicted octanol–water partition coefficient (Wildman–Crippen LogP) is 10.6. The van der Waals surface area contributed by atoms with E-state index in [0.29, 0.717) is 0 Å². The smallest absolute Gasteiger partial charge is 0.133 e. The molecule has 0 unspecified atom stereocenters. The lowest BCUT2D eigenvalue weighted by Gasteiger charge is -2.10. The van der Waals surface area contributed by atoms with Crippen LogP contribution in [0.15, 0.2) is 149 Å². The zero-order valence-corrected chi connectivity index (χ0v) is 24.2. The second-order valence-corrected chi connectivity index (χ2v) is 11.8. The second-order valence-electron chi connectivity index (χ2n) is 10.7. The SMILES string of the molecule is c1ccc(-c2cccc(-n3c4ccc(-c5ccco5)cc4c4ccc(-c5nc6cc(-c7ccco7)ccc6s5)cc43)c2)nc1. The van der Waals surface area contributed by atoms with E-state index in [1.165, 1.54) is 5.39 Å². The van der Waals surface area contributed by atoms with Gasteiger partial charge in [0.2, 0.25) is 0 Å². The molecule has 44 heavy (non-hydrogen) atoms. The number of furan rings is 2. The molecule has 0 spiro atoms. The summed E-state index contributed by atoms with van der Waals surface area (Å²) in [6.07, 6.45) is 5.25. The third kappa shape index (κ3) is 4.07. The summed E-state index contributed by atoms with van der Waals surface area (Å²) >= 11 is 1.70. The fourth-order valence-electron chi connectivity index (χ4n) is 6.01. The topological polar surface area (TPSA) is 57.0 Å². The normalized spacial score (nSPS) is 11.6. The van der Waals surface area contributed by atoms with Gasteiger partial charge in [-0.05, 0) is 91.0 Å². The molecular weight excluding hydrogens is 563 g/mol. The van der Waals surface area contributed by atoms with E-state index in [1.807, 2.05) is 48.7 Å². The van der Waals surface area contributed by atoms with Crippen LogP contribution in [-0.2, 0) is 0 Å². The zero-order valence-electron chi connectivity index (χ0n) is 23.3. The van der Waals surface area contributed by atoms with Crippen molar-refractivity contribution in [1.29, 1.82) is 0 Å². The first-order chi connectivity index (χ1) is 21.8. The number of aromatic nitrogens is 3. The summed E-state index contributed by atoms with van der Waals surface area (Å²) in [6.45, 7) is 0. The highest BCUT2D eigenvalue weighted by atomic mass is 32.1. The number of fused-ring (bicyclic) bond motifs is 4. The Labute approximate surface area is 256 Å². The summed E-state index contributed by atoms with van der Waals surface area (Å²) in [5.41, 5.74) is 9.44. The molecule has 9 aromatic rings. The molecule has 0 atom stereocenters. The van der Waals surface area contributed by atoms with Gasteiger partial charge in [0, 0.05) is 44.9 Å². The molecule has 0 aliphatic heterocycles. The largest absolute Gasteiger partial charge is 0.464 e. The Hall–Kier alpha value is -5.72. The van der Waals surface area contributed by atoms with Crippen molar-refractivity contribution in [3.63, 3.8) is 0 Å². The zero-order chi connectivity index (χ0) is 29.0. The second kappa shape index (κ2) is 9.93. The Morgan fingerprint density at radius 2 is 1.39 bits per heavy atom. The third-order valence-corrected chi connectivity index (χ3v) is 9.16. The Kier molecular flexibility index (Phi) is 5.61. The summed E-state index contributed by atoms with van der Waals surface area (Å²) in [4.78, 5) is 9.67. The van der Waals surface area contributed by atoms with Crippen LogP contribution >= 0.6 is 11.3 Å². The lowest BCUT2D eigenvalue weighted by Crippen LogP contribution is -1.95. The molecule has 0 aliphatic rings. The summed E-state index contributed by atoms with van der Waals surface area (Å²) in [5.74, 6) is 1.69. The Morgan fingerprint density at radius 1 is 0.568 bits per heavy atom. The number of pyridine rings is 1. The average molecular weight is 586 g/mol. The molecule has 0 saturated carbocycles. The molecule has 0 N–H and O–H groups in total. The van der Waals surface area contributed by atoms with E-state index in [-0.39, 0.29) is 0 Å². The van der Waals surface area contributed by atoms with Crippen LogP contribution in [0.1, 0.15) is 0 Å². The molecule has 0 amide bonds. The number of hydrogen-bond donors (Lipinski definition) is 0. The van der Waals surface area contributed by atoms with Gasteiger partial charge in [-0.2, -0.15) is 0 Å². The number of rotatable bonds is 5. The van der Waals surface area contributed by atoms with Gasteiger partial charge in [0.25, 0.3) is 0 Å². The molecule has 5 heterocycles. The van der Waals surface area contributed by atoms with E-state index in [0.717, 1.165) is 76.8 Å². The molecule has 0 bridgehead atoms. The van der Waals surface area contributed by atoms with Crippen LogP contribution in [0.3, 0.4) is 0 Å². The Bertz CT molecular complexity index is 2440. The summed E-state index contributed by atoms with van der Waals surface area (Å²) in [6, 6.07) is 41.9. The lowest BCUT2D eigenvalue weighted by molar-refractivity contribution is 0.582. The van der Waals surface area contributed by atoms with Crippen LogP contribution in [0.2, 0.25) is 0 Å². The molecule has 5 aromatic heterocycles. The van der Waals surface area contributed by atoms with Gasteiger partial charge in [-0.3, -0.25) is 4.98 Å². The van der Waals surface area contributed by atoms with Gasteiger partial charge in [0.15, 0.2) is 0 Å². The van der Waals surface area contributed by atoms with E-state index in [9.17, 15) is 0 Å². The van der Waals surface area contributed by atoms with Gasteiger partial charge >= 0.3 is 0 Å². The minimum atomic E-state index is 0.842. The van der Waals surface area contributed by atoms with Crippen LogP contribution in [0, 0.1) is 0 Å². The highest BCUT2D eigenvalue weighted by Gasteiger charge is 2.17. The fraction of sp³-hybridized carbons (Fsp3) is 0. The molecule has 0 saturated heterocycles. The molecule has 4 aromatic carbocycles. The highest BCUT2D eigenvalue weighted by molar-refractivity contribution is 7.21.